The summed E-state index contributed by atoms with van der Waals surface area (Å²) in [6.45, 7) is 8.35. The maximum absolute atomic E-state index is 12.2. The molecule has 0 spiro atoms. The molecule has 0 bridgehead atoms. The van der Waals surface area contributed by atoms with Crippen LogP contribution in [-0.4, -0.2) is 61.5 Å². The first-order chi connectivity index (χ1) is 8.36. The molecule has 0 saturated carbocycles. The molecule has 0 radical (unpaired) electrons. The third-order valence-corrected chi connectivity index (χ3v) is 3.03. The molecule has 0 N–H and O–H groups in total. The Bertz CT molecular complexity index is 310. The van der Waals surface area contributed by atoms with Crippen LogP contribution in [0, 0.1) is 5.41 Å². The van der Waals surface area contributed by atoms with Crippen molar-refractivity contribution in [3.8, 4) is 0 Å². The zero-order valence-corrected chi connectivity index (χ0v) is 11.9. The van der Waals surface area contributed by atoms with Gasteiger partial charge in [-0.2, -0.15) is 0 Å². The van der Waals surface area contributed by atoms with E-state index in [1.807, 2.05) is 20.8 Å². The molecule has 2 amide bonds. The van der Waals surface area contributed by atoms with Crippen molar-refractivity contribution in [3.63, 3.8) is 0 Å². The van der Waals surface area contributed by atoms with Gasteiger partial charge in [-0.1, -0.05) is 20.8 Å². The second kappa shape index (κ2) is 6.18. The molecule has 5 heteroatoms. The predicted octanol–water partition coefficient (Wildman–Crippen LogP) is 0.740. The Morgan fingerprint density at radius 1 is 1.33 bits per heavy atom. The summed E-state index contributed by atoms with van der Waals surface area (Å²) in [6, 6.07) is 0. The first-order valence-electron chi connectivity index (χ1n) is 6.42. The van der Waals surface area contributed by atoms with E-state index < -0.39 is 5.41 Å². The maximum Gasteiger partial charge on any atom is 0.242 e. The molecule has 0 unspecified atom stereocenters. The number of hydrogen-bond donors (Lipinski definition) is 0. The molecule has 18 heavy (non-hydrogen) atoms. The lowest BCUT2D eigenvalue weighted by Crippen LogP contribution is -2.44. The van der Waals surface area contributed by atoms with E-state index in [1.54, 1.807) is 16.9 Å². The lowest BCUT2D eigenvalue weighted by molar-refractivity contribution is -0.144. The highest BCUT2D eigenvalue weighted by Crippen LogP contribution is 2.18. The second-order valence-electron chi connectivity index (χ2n) is 5.70. The van der Waals surface area contributed by atoms with Gasteiger partial charge in [0.25, 0.3) is 0 Å². The van der Waals surface area contributed by atoms with Gasteiger partial charge in [-0.15, -0.1) is 0 Å². The number of methoxy groups -OCH3 is 1. The highest BCUT2D eigenvalue weighted by molar-refractivity contribution is 5.87. The fraction of sp³-hybridized carbons (Fsp3) is 0.846. The fourth-order valence-corrected chi connectivity index (χ4v) is 2.01. The Morgan fingerprint density at radius 3 is 2.56 bits per heavy atom. The van der Waals surface area contributed by atoms with Crippen LogP contribution in [-0.2, 0) is 14.3 Å². The number of carbonyl (C=O) groups excluding carboxylic acids is 2. The number of rotatable bonds is 3. The van der Waals surface area contributed by atoms with Crippen LogP contribution in [0.2, 0.25) is 0 Å². The molecular weight excluding hydrogens is 232 g/mol. The minimum Gasteiger partial charge on any atom is -0.383 e. The van der Waals surface area contributed by atoms with Gasteiger partial charge in [0, 0.05) is 32.2 Å². The van der Waals surface area contributed by atoms with E-state index in [-0.39, 0.29) is 18.4 Å². The first kappa shape index (κ1) is 15.0. The highest BCUT2D eigenvalue weighted by atomic mass is 16.5. The van der Waals surface area contributed by atoms with Gasteiger partial charge >= 0.3 is 0 Å². The van der Waals surface area contributed by atoms with Crippen LogP contribution in [0.25, 0.3) is 0 Å². The van der Waals surface area contributed by atoms with Gasteiger partial charge in [0.15, 0.2) is 0 Å². The smallest absolute Gasteiger partial charge is 0.242 e. The van der Waals surface area contributed by atoms with E-state index in [2.05, 4.69) is 0 Å². The van der Waals surface area contributed by atoms with Crippen LogP contribution in [0.5, 0.6) is 0 Å². The van der Waals surface area contributed by atoms with Gasteiger partial charge in [0.05, 0.1) is 13.2 Å². The van der Waals surface area contributed by atoms with Gasteiger partial charge in [0.2, 0.25) is 11.8 Å². The standard InChI is InChI=1S/C13H24N2O3/c1-13(2,3)12(17)15-7-5-6-14(8-9-18-4)11(16)10-15/h5-10H2,1-4H3. The first-order valence-corrected chi connectivity index (χ1v) is 6.42. The molecule has 1 aliphatic rings. The normalized spacial score (nSPS) is 17.9. The Morgan fingerprint density at radius 2 is 2.00 bits per heavy atom. The van der Waals surface area contributed by atoms with E-state index in [0.29, 0.717) is 26.2 Å². The maximum atomic E-state index is 12.2. The average Bonchev–Trinajstić information content (AvgIpc) is 2.46. The molecule has 0 aromatic carbocycles. The van der Waals surface area contributed by atoms with Crippen LogP contribution < -0.4 is 0 Å². The molecule has 1 saturated heterocycles. The van der Waals surface area contributed by atoms with E-state index in [1.165, 1.54) is 0 Å². The zero-order chi connectivity index (χ0) is 13.8. The minimum atomic E-state index is -0.429. The lowest BCUT2D eigenvalue weighted by Gasteiger charge is -2.27. The number of ether oxygens (including phenoxy) is 1. The van der Waals surface area contributed by atoms with Gasteiger partial charge in [-0.05, 0) is 6.42 Å². The predicted molar refractivity (Wildman–Crippen MR) is 69.1 cm³/mol. The molecule has 0 aromatic rings. The van der Waals surface area contributed by atoms with Gasteiger partial charge in [-0.25, -0.2) is 0 Å². The van der Waals surface area contributed by atoms with Crippen LogP contribution in [0.15, 0.2) is 0 Å². The molecule has 5 nitrogen and oxygen atoms in total. The van der Waals surface area contributed by atoms with Crippen LogP contribution in [0.1, 0.15) is 27.2 Å². The number of amides is 2. The van der Waals surface area contributed by atoms with E-state index >= 15 is 0 Å². The van der Waals surface area contributed by atoms with Crippen molar-refractivity contribution in [2.75, 3.05) is 39.9 Å². The molecule has 0 aromatic heterocycles. The summed E-state index contributed by atoms with van der Waals surface area (Å²) in [7, 11) is 1.62. The van der Waals surface area contributed by atoms with Crippen molar-refractivity contribution in [1.29, 1.82) is 0 Å². The zero-order valence-electron chi connectivity index (χ0n) is 11.9. The Kier molecular flexibility index (Phi) is 5.14. The van der Waals surface area contributed by atoms with Crippen molar-refractivity contribution in [3.05, 3.63) is 0 Å². The van der Waals surface area contributed by atoms with Gasteiger partial charge < -0.3 is 14.5 Å². The van der Waals surface area contributed by atoms with E-state index in [0.717, 1.165) is 6.42 Å². The molecule has 1 aliphatic heterocycles. The van der Waals surface area contributed by atoms with Crippen molar-refractivity contribution in [2.24, 2.45) is 5.41 Å². The monoisotopic (exact) mass is 256 g/mol. The van der Waals surface area contributed by atoms with Crippen molar-refractivity contribution in [1.82, 2.24) is 9.80 Å². The molecule has 1 fully saturated rings. The largest absolute Gasteiger partial charge is 0.383 e. The molecule has 104 valence electrons. The fourth-order valence-electron chi connectivity index (χ4n) is 2.01. The molecule has 1 heterocycles. The summed E-state index contributed by atoms with van der Waals surface area (Å²) < 4.78 is 4.99. The SMILES string of the molecule is COCCN1CCCN(C(=O)C(C)(C)C)CC1=O. The summed E-state index contributed by atoms with van der Waals surface area (Å²) in [5.74, 6) is 0.0617. The molecule has 1 rings (SSSR count). The third-order valence-electron chi connectivity index (χ3n) is 3.03. The van der Waals surface area contributed by atoms with Crippen LogP contribution in [0.4, 0.5) is 0 Å². The third kappa shape index (κ3) is 3.98. The van der Waals surface area contributed by atoms with Crippen LogP contribution >= 0.6 is 0 Å². The van der Waals surface area contributed by atoms with E-state index in [4.69, 9.17) is 4.74 Å². The summed E-state index contributed by atoms with van der Waals surface area (Å²) in [5.41, 5.74) is -0.429. The lowest BCUT2D eigenvalue weighted by atomic mass is 9.94. The van der Waals surface area contributed by atoms with Crippen LogP contribution in [0.3, 0.4) is 0 Å². The summed E-state index contributed by atoms with van der Waals surface area (Å²) in [5, 5.41) is 0. The number of carbonyl (C=O) groups is 2. The average molecular weight is 256 g/mol. The van der Waals surface area contributed by atoms with Crippen molar-refractivity contribution < 1.29 is 14.3 Å². The van der Waals surface area contributed by atoms with Crippen molar-refractivity contribution >= 4 is 11.8 Å². The van der Waals surface area contributed by atoms with Gasteiger partial charge in [0.1, 0.15) is 0 Å². The molecular formula is C13H24N2O3. The number of hydrogen-bond acceptors (Lipinski definition) is 3. The Hall–Kier alpha value is -1.10. The summed E-state index contributed by atoms with van der Waals surface area (Å²) in [6.07, 6.45) is 0.831. The Balaban J connectivity index is 2.63. The number of nitrogens with zero attached hydrogens (tertiary/aromatic N) is 2. The summed E-state index contributed by atoms with van der Waals surface area (Å²) in [4.78, 5) is 27.7. The molecule has 0 aliphatic carbocycles. The second-order valence-corrected chi connectivity index (χ2v) is 5.70. The molecule has 0 atom stereocenters. The highest BCUT2D eigenvalue weighted by Gasteiger charge is 2.31. The topological polar surface area (TPSA) is 49.9 Å². The summed E-state index contributed by atoms with van der Waals surface area (Å²) >= 11 is 0. The Labute approximate surface area is 109 Å². The minimum absolute atomic E-state index is 0.0159. The van der Waals surface area contributed by atoms with Crippen molar-refractivity contribution in [2.45, 2.75) is 27.2 Å². The quantitative estimate of drug-likeness (QED) is 0.748. The van der Waals surface area contributed by atoms with Gasteiger partial charge in [-0.3, -0.25) is 9.59 Å². The van der Waals surface area contributed by atoms with E-state index in [9.17, 15) is 9.59 Å².